The van der Waals surface area contributed by atoms with Crippen LogP contribution in [0.2, 0.25) is 0 Å². The summed E-state index contributed by atoms with van der Waals surface area (Å²) in [5.74, 6) is 0.599. The van der Waals surface area contributed by atoms with Crippen LogP contribution >= 0.6 is 0 Å². The molecule has 0 saturated heterocycles. The molecule has 0 aliphatic heterocycles. The van der Waals surface area contributed by atoms with E-state index in [0.29, 0.717) is 22.7 Å². The van der Waals surface area contributed by atoms with E-state index in [-0.39, 0.29) is 24.3 Å². The fourth-order valence-electron chi connectivity index (χ4n) is 3.62. The van der Waals surface area contributed by atoms with Gasteiger partial charge in [-0.05, 0) is 42.3 Å². The number of hydrogen-bond donors (Lipinski definition) is 1. The van der Waals surface area contributed by atoms with Gasteiger partial charge >= 0.3 is 5.69 Å². The van der Waals surface area contributed by atoms with Gasteiger partial charge in [0, 0.05) is 12.4 Å². The number of ether oxygens (including phenoxy) is 2. The summed E-state index contributed by atoms with van der Waals surface area (Å²) in [4.78, 5) is 47.6. The van der Waals surface area contributed by atoms with Crippen molar-refractivity contribution in [2.45, 2.75) is 20.0 Å². The number of nitrogens with one attached hydrogen (secondary N) is 1. The predicted molar refractivity (Wildman–Crippen MR) is 127 cm³/mol. The molecule has 0 aliphatic carbocycles. The highest BCUT2D eigenvalue weighted by Gasteiger charge is 2.18. The number of aromatic nitrogens is 4. The van der Waals surface area contributed by atoms with Gasteiger partial charge in [-0.15, -0.1) is 0 Å². The molecule has 0 radical (unpaired) electrons. The summed E-state index contributed by atoms with van der Waals surface area (Å²) in [6.45, 7) is 1.50. The van der Waals surface area contributed by atoms with Gasteiger partial charge in [-0.1, -0.05) is 18.2 Å². The Bertz CT molecular complexity index is 1490. The minimum absolute atomic E-state index is 0.00840. The number of amides is 1. The predicted octanol–water partition coefficient (Wildman–Crippen LogP) is 1.97. The van der Waals surface area contributed by atoms with E-state index in [4.69, 9.17) is 9.47 Å². The Morgan fingerprint density at radius 1 is 1.00 bits per heavy atom. The van der Waals surface area contributed by atoms with Crippen molar-refractivity contribution in [3.63, 3.8) is 0 Å². The van der Waals surface area contributed by atoms with E-state index in [0.717, 1.165) is 14.7 Å². The molecule has 1 amide bonds. The van der Waals surface area contributed by atoms with Gasteiger partial charge in [0.15, 0.2) is 11.2 Å². The quantitative estimate of drug-likeness (QED) is 0.447. The molecule has 0 fully saturated rings. The molecule has 2 aromatic carbocycles. The third-order valence-electron chi connectivity index (χ3n) is 5.25. The lowest BCUT2D eigenvalue weighted by Gasteiger charge is -2.14. The average molecular weight is 461 g/mol. The first-order valence-electron chi connectivity index (χ1n) is 10.4. The summed E-state index contributed by atoms with van der Waals surface area (Å²) in [6, 6.07) is 12.4. The van der Waals surface area contributed by atoms with Crippen molar-refractivity contribution in [1.82, 2.24) is 19.1 Å². The summed E-state index contributed by atoms with van der Waals surface area (Å²) in [6.07, 6.45) is 2.73. The lowest BCUT2D eigenvalue weighted by atomic mass is 10.2. The molecule has 1 N–H and O–H groups in total. The molecule has 0 saturated carbocycles. The summed E-state index contributed by atoms with van der Waals surface area (Å²) in [5.41, 5.74) is 0.844. The maximum Gasteiger partial charge on any atom is 0.333 e. The van der Waals surface area contributed by atoms with E-state index in [1.165, 1.54) is 26.6 Å². The monoisotopic (exact) mass is 461 g/mol. The van der Waals surface area contributed by atoms with Gasteiger partial charge in [-0.2, -0.15) is 0 Å². The van der Waals surface area contributed by atoms with Crippen LogP contribution < -0.4 is 26.0 Å². The van der Waals surface area contributed by atoms with E-state index in [1.54, 1.807) is 36.4 Å². The maximum atomic E-state index is 13.3. The van der Waals surface area contributed by atoms with Gasteiger partial charge in [0.05, 0.1) is 26.5 Å². The Labute approximate surface area is 194 Å². The molecule has 34 heavy (non-hydrogen) atoms. The zero-order valence-electron chi connectivity index (χ0n) is 18.9. The summed E-state index contributed by atoms with van der Waals surface area (Å²) in [7, 11) is 3.04. The zero-order valence-corrected chi connectivity index (χ0v) is 18.9. The summed E-state index contributed by atoms with van der Waals surface area (Å²) < 4.78 is 12.7. The van der Waals surface area contributed by atoms with Gasteiger partial charge < -0.3 is 14.8 Å². The molecule has 4 rings (SSSR count). The average Bonchev–Trinajstić information content (AvgIpc) is 2.84. The number of carbonyl (C=O) groups excluding carboxylic acids is 1. The molecule has 0 bridgehead atoms. The number of nitrogens with zero attached hydrogens (tertiary/aromatic N) is 4. The minimum Gasteiger partial charge on any atom is -0.497 e. The molecule has 4 aromatic rings. The number of hydrogen-bond acceptors (Lipinski definition) is 7. The molecular formula is C24H23N5O5. The molecule has 2 aromatic heterocycles. The van der Waals surface area contributed by atoms with Crippen molar-refractivity contribution >= 4 is 22.8 Å². The van der Waals surface area contributed by atoms with E-state index in [1.807, 2.05) is 13.0 Å². The molecule has 10 heteroatoms. The number of anilines is 1. The minimum atomic E-state index is -0.674. The van der Waals surface area contributed by atoms with Gasteiger partial charge in [-0.25, -0.2) is 14.8 Å². The second kappa shape index (κ2) is 9.57. The first-order chi connectivity index (χ1) is 16.4. The molecule has 0 unspecified atom stereocenters. The van der Waals surface area contributed by atoms with Crippen molar-refractivity contribution in [2.24, 2.45) is 0 Å². The van der Waals surface area contributed by atoms with E-state index in [9.17, 15) is 14.4 Å². The van der Waals surface area contributed by atoms with Crippen LogP contribution in [-0.2, 0) is 17.9 Å². The lowest BCUT2D eigenvalue weighted by Crippen LogP contribution is -2.42. The standard InChI is InChI=1S/C24H23N5O5/c1-15-7-8-19(34-3)18(11-15)27-20(30)14-28-22-21(25-9-10-26-22)23(31)29(24(28)32)13-16-5-4-6-17(12-16)33-2/h4-12H,13-14H2,1-3H3,(H,27,30). The van der Waals surface area contributed by atoms with Gasteiger partial charge in [0.25, 0.3) is 5.56 Å². The number of rotatable bonds is 7. The number of benzene rings is 2. The van der Waals surface area contributed by atoms with Crippen molar-refractivity contribution in [3.8, 4) is 11.5 Å². The smallest absolute Gasteiger partial charge is 0.333 e. The first-order valence-corrected chi connectivity index (χ1v) is 10.4. The molecule has 10 nitrogen and oxygen atoms in total. The van der Waals surface area contributed by atoms with E-state index in [2.05, 4.69) is 15.3 Å². The molecule has 0 aliphatic rings. The maximum absolute atomic E-state index is 13.3. The molecule has 174 valence electrons. The molecule has 0 atom stereocenters. The van der Waals surface area contributed by atoms with Gasteiger partial charge in [0.1, 0.15) is 18.0 Å². The second-order valence-electron chi connectivity index (χ2n) is 7.59. The van der Waals surface area contributed by atoms with Crippen LogP contribution in [0.5, 0.6) is 11.5 Å². The Balaban J connectivity index is 1.75. The molecule has 2 heterocycles. The van der Waals surface area contributed by atoms with Crippen molar-refractivity contribution in [3.05, 3.63) is 86.8 Å². The van der Waals surface area contributed by atoms with Crippen LogP contribution in [0, 0.1) is 6.92 Å². The van der Waals surface area contributed by atoms with Gasteiger partial charge in [-0.3, -0.25) is 18.7 Å². The summed E-state index contributed by atoms with van der Waals surface area (Å²) in [5, 5.41) is 2.77. The Hall–Kier alpha value is -4.47. The largest absolute Gasteiger partial charge is 0.497 e. The number of fused-ring (bicyclic) bond motifs is 1. The molecule has 0 spiro atoms. The molecular weight excluding hydrogens is 438 g/mol. The zero-order chi connectivity index (χ0) is 24.2. The van der Waals surface area contributed by atoms with Crippen LogP contribution in [0.25, 0.3) is 11.2 Å². The van der Waals surface area contributed by atoms with Crippen molar-refractivity contribution < 1.29 is 14.3 Å². The Kier molecular flexibility index (Phi) is 6.39. The van der Waals surface area contributed by atoms with Crippen LogP contribution in [0.3, 0.4) is 0 Å². The normalized spacial score (nSPS) is 10.8. The lowest BCUT2D eigenvalue weighted by molar-refractivity contribution is -0.116. The van der Waals surface area contributed by atoms with Gasteiger partial charge in [0.2, 0.25) is 5.91 Å². The highest BCUT2D eigenvalue weighted by molar-refractivity contribution is 5.92. The number of aryl methyl sites for hydroxylation is 1. The van der Waals surface area contributed by atoms with E-state index < -0.39 is 17.2 Å². The topological polar surface area (TPSA) is 117 Å². The second-order valence-corrected chi connectivity index (χ2v) is 7.59. The highest BCUT2D eigenvalue weighted by atomic mass is 16.5. The number of methoxy groups -OCH3 is 2. The van der Waals surface area contributed by atoms with Crippen molar-refractivity contribution in [1.29, 1.82) is 0 Å². The Morgan fingerprint density at radius 2 is 1.79 bits per heavy atom. The SMILES string of the molecule is COc1cccc(Cn2c(=O)c3nccnc3n(CC(=O)Nc3cc(C)ccc3OC)c2=O)c1. The third-order valence-corrected chi connectivity index (χ3v) is 5.25. The van der Waals surface area contributed by atoms with Crippen molar-refractivity contribution in [2.75, 3.05) is 19.5 Å². The Morgan fingerprint density at radius 3 is 2.56 bits per heavy atom. The van der Waals surface area contributed by atoms with Crippen LogP contribution in [0.4, 0.5) is 5.69 Å². The number of carbonyl (C=O) groups is 1. The van der Waals surface area contributed by atoms with Crippen LogP contribution in [-0.4, -0.2) is 39.2 Å². The van der Waals surface area contributed by atoms with Crippen LogP contribution in [0.1, 0.15) is 11.1 Å². The first kappa shape index (κ1) is 22.7. The fraction of sp³-hybridized carbons (Fsp3) is 0.208. The fourth-order valence-corrected chi connectivity index (χ4v) is 3.62. The summed E-state index contributed by atoms with van der Waals surface area (Å²) >= 11 is 0. The van der Waals surface area contributed by atoms with E-state index >= 15 is 0 Å². The van der Waals surface area contributed by atoms with Crippen LogP contribution in [0.15, 0.2) is 64.4 Å². The third kappa shape index (κ3) is 4.51. The highest BCUT2D eigenvalue weighted by Crippen LogP contribution is 2.25.